The van der Waals surface area contributed by atoms with Crippen LogP contribution in [0.25, 0.3) is 0 Å². The number of allylic oxidation sites excluding steroid dienone is 1. The van der Waals surface area contributed by atoms with Gasteiger partial charge in [-0.15, -0.1) is 0 Å². The van der Waals surface area contributed by atoms with E-state index in [0.717, 1.165) is 38.0 Å². The van der Waals surface area contributed by atoms with Crippen molar-refractivity contribution in [2.45, 2.75) is 77.1 Å². The largest absolute Gasteiger partial charge is 0.509 e. The number of methoxy groups -OCH3 is 1. The van der Waals surface area contributed by atoms with Crippen LogP contribution in [0.4, 0.5) is 4.79 Å². The fourth-order valence-electron chi connectivity index (χ4n) is 7.45. The smallest absolute Gasteiger partial charge is 0.427 e. The van der Waals surface area contributed by atoms with Crippen molar-refractivity contribution in [2.24, 2.45) is 28.6 Å². The van der Waals surface area contributed by atoms with E-state index in [9.17, 15) is 4.79 Å². The molecule has 5 nitrogen and oxygen atoms in total. The van der Waals surface area contributed by atoms with E-state index < -0.39 is 6.16 Å². The van der Waals surface area contributed by atoms with Crippen molar-refractivity contribution in [2.75, 3.05) is 13.9 Å². The van der Waals surface area contributed by atoms with E-state index in [1.807, 2.05) is 0 Å². The molecule has 4 fully saturated rings. The minimum absolute atomic E-state index is 0.0254. The molecule has 3 saturated carbocycles. The number of fused-ring (bicyclic) bond motifs is 7. The zero-order chi connectivity index (χ0) is 18.8. The normalized spacial score (nSPS) is 50.6. The van der Waals surface area contributed by atoms with Gasteiger partial charge < -0.3 is 18.9 Å². The molecule has 5 rings (SSSR count). The summed E-state index contributed by atoms with van der Waals surface area (Å²) in [5.41, 5.74) is 1.99. The lowest BCUT2D eigenvalue weighted by Crippen LogP contribution is -2.51. The summed E-state index contributed by atoms with van der Waals surface area (Å²) in [6.07, 6.45) is 10.2. The van der Waals surface area contributed by atoms with Crippen molar-refractivity contribution in [1.29, 1.82) is 0 Å². The first-order chi connectivity index (χ1) is 13.0. The number of rotatable bonds is 3. The fourth-order valence-corrected chi connectivity index (χ4v) is 7.45. The summed E-state index contributed by atoms with van der Waals surface area (Å²) in [6, 6.07) is 0. The number of hydrogen-bond acceptors (Lipinski definition) is 5. The molecule has 0 spiro atoms. The number of ether oxygens (including phenoxy) is 4. The van der Waals surface area contributed by atoms with Crippen molar-refractivity contribution < 1.29 is 23.7 Å². The van der Waals surface area contributed by atoms with Gasteiger partial charge in [-0.1, -0.05) is 25.5 Å². The summed E-state index contributed by atoms with van der Waals surface area (Å²) in [7, 11) is 1.69. The molecule has 0 bridgehead atoms. The Kier molecular flexibility index (Phi) is 4.14. The third-order valence-corrected chi connectivity index (χ3v) is 8.86. The van der Waals surface area contributed by atoms with Crippen LogP contribution in [0.2, 0.25) is 0 Å². The molecular formula is C22H32O5. The molecule has 1 heterocycles. The summed E-state index contributed by atoms with van der Waals surface area (Å²) >= 11 is 0. The highest BCUT2D eigenvalue weighted by molar-refractivity contribution is 5.63. The van der Waals surface area contributed by atoms with E-state index in [1.165, 1.54) is 12.8 Å². The van der Waals surface area contributed by atoms with Crippen molar-refractivity contribution >= 4 is 6.16 Å². The van der Waals surface area contributed by atoms with Gasteiger partial charge in [0.2, 0.25) is 0 Å². The second kappa shape index (κ2) is 6.21. The third kappa shape index (κ3) is 2.53. The lowest BCUT2D eigenvalue weighted by Gasteiger charge is -2.57. The molecule has 0 aromatic carbocycles. The molecule has 1 saturated heterocycles. The Hall–Kier alpha value is -1.07. The second-order valence-corrected chi connectivity index (χ2v) is 9.92. The van der Waals surface area contributed by atoms with Gasteiger partial charge in [0.15, 0.2) is 0 Å². The van der Waals surface area contributed by atoms with Crippen LogP contribution in [0, 0.1) is 28.6 Å². The topological polar surface area (TPSA) is 54.0 Å². The summed E-state index contributed by atoms with van der Waals surface area (Å²) < 4.78 is 22.1. The molecular weight excluding hydrogens is 344 g/mol. The van der Waals surface area contributed by atoms with E-state index in [-0.39, 0.29) is 17.6 Å². The Morgan fingerprint density at radius 1 is 1.19 bits per heavy atom. The Morgan fingerprint density at radius 3 is 2.85 bits per heavy atom. The number of hydrogen-bond donors (Lipinski definition) is 0. The van der Waals surface area contributed by atoms with Crippen LogP contribution >= 0.6 is 0 Å². The zero-order valence-electron chi connectivity index (χ0n) is 16.7. The Bertz CT molecular complexity index is 659. The summed E-state index contributed by atoms with van der Waals surface area (Å²) in [6.45, 7) is 5.23. The lowest BCUT2D eigenvalue weighted by atomic mass is 9.48. The Morgan fingerprint density at radius 2 is 2.04 bits per heavy atom. The van der Waals surface area contributed by atoms with E-state index >= 15 is 0 Å². The maximum atomic E-state index is 11.6. The molecule has 27 heavy (non-hydrogen) atoms. The van der Waals surface area contributed by atoms with Gasteiger partial charge in [0, 0.05) is 12.5 Å². The highest BCUT2D eigenvalue weighted by Gasteiger charge is 2.65. The van der Waals surface area contributed by atoms with Crippen LogP contribution < -0.4 is 0 Å². The van der Waals surface area contributed by atoms with Gasteiger partial charge in [-0.2, -0.15) is 0 Å². The molecule has 5 aliphatic rings. The Labute approximate surface area is 161 Å². The minimum Gasteiger partial charge on any atom is -0.427 e. The van der Waals surface area contributed by atoms with Crippen molar-refractivity contribution in [3.8, 4) is 0 Å². The lowest BCUT2D eigenvalue weighted by molar-refractivity contribution is -0.101. The van der Waals surface area contributed by atoms with Gasteiger partial charge in [0.05, 0.1) is 6.10 Å². The molecule has 4 aliphatic carbocycles. The zero-order valence-corrected chi connectivity index (χ0v) is 16.7. The van der Waals surface area contributed by atoms with E-state index in [4.69, 9.17) is 18.9 Å². The predicted octanol–water partition coefficient (Wildman–Crippen LogP) is 4.45. The second-order valence-electron chi connectivity index (χ2n) is 9.92. The monoisotopic (exact) mass is 376 g/mol. The van der Waals surface area contributed by atoms with Crippen LogP contribution in [-0.4, -0.2) is 38.4 Å². The third-order valence-electron chi connectivity index (χ3n) is 8.86. The molecule has 0 N–H and O–H groups in total. The molecule has 0 aromatic rings. The molecule has 5 heteroatoms. The predicted molar refractivity (Wildman–Crippen MR) is 99.0 cm³/mol. The Balaban J connectivity index is 1.38. The van der Waals surface area contributed by atoms with Gasteiger partial charge in [-0.25, -0.2) is 4.79 Å². The SMILES string of the molecule is COCOC1CC[C@@]2(C)C(=CC[C@H]3[C@@H]4C[C@@H]5OC(=O)O[C@@H]5[C@@]4(C)CC[C@@H]32)C1. The van der Waals surface area contributed by atoms with Crippen LogP contribution in [-0.2, 0) is 18.9 Å². The standard InChI is InChI=1S/C22H32O5/c1-21-8-6-14(25-12-24-3)10-13(21)4-5-15-16(21)7-9-22(2)17(15)11-18-19(22)27-20(23)26-18/h4,14-19H,5-12H2,1-3H3/t14?,15-,16+,17+,18+,19+,21+,22+/m1/s1. The number of carbonyl (C=O) groups is 1. The van der Waals surface area contributed by atoms with Gasteiger partial charge in [0.1, 0.15) is 19.0 Å². The van der Waals surface area contributed by atoms with Crippen molar-refractivity contribution in [3.63, 3.8) is 0 Å². The molecule has 0 radical (unpaired) electrons. The van der Waals surface area contributed by atoms with Crippen LogP contribution in [0.3, 0.4) is 0 Å². The highest BCUT2D eigenvalue weighted by atomic mass is 16.8. The summed E-state index contributed by atoms with van der Waals surface area (Å²) in [4.78, 5) is 11.6. The van der Waals surface area contributed by atoms with Crippen LogP contribution in [0.1, 0.15) is 58.8 Å². The molecule has 1 unspecified atom stereocenters. The van der Waals surface area contributed by atoms with Crippen LogP contribution in [0.5, 0.6) is 0 Å². The quantitative estimate of drug-likeness (QED) is 0.414. The van der Waals surface area contributed by atoms with E-state index in [0.29, 0.717) is 30.1 Å². The first kappa shape index (κ1) is 18.0. The fraction of sp³-hybridized carbons (Fsp3) is 0.864. The first-order valence-electron chi connectivity index (χ1n) is 10.6. The number of carbonyl (C=O) groups excluding carboxylic acids is 1. The minimum atomic E-state index is -0.459. The first-order valence-corrected chi connectivity index (χ1v) is 10.6. The van der Waals surface area contributed by atoms with E-state index in [1.54, 1.807) is 12.7 Å². The van der Waals surface area contributed by atoms with Crippen molar-refractivity contribution in [1.82, 2.24) is 0 Å². The van der Waals surface area contributed by atoms with Gasteiger partial charge in [-0.3, -0.25) is 0 Å². The highest BCUT2D eigenvalue weighted by Crippen LogP contribution is 2.66. The van der Waals surface area contributed by atoms with Crippen LogP contribution in [0.15, 0.2) is 11.6 Å². The molecule has 1 aliphatic heterocycles. The molecule has 0 aromatic heterocycles. The van der Waals surface area contributed by atoms with Gasteiger partial charge in [-0.05, 0) is 68.1 Å². The molecule has 150 valence electrons. The van der Waals surface area contributed by atoms with E-state index in [2.05, 4.69) is 19.9 Å². The van der Waals surface area contributed by atoms with Crippen molar-refractivity contribution in [3.05, 3.63) is 11.6 Å². The molecule has 0 amide bonds. The van der Waals surface area contributed by atoms with Gasteiger partial charge in [0.25, 0.3) is 0 Å². The maximum absolute atomic E-state index is 11.6. The summed E-state index contributed by atoms with van der Waals surface area (Å²) in [5.74, 6) is 2.01. The average Bonchev–Trinajstić information content (AvgIpc) is 3.14. The maximum Gasteiger partial charge on any atom is 0.509 e. The molecule has 8 atom stereocenters. The summed E-state index contributed by atoms with van der Waals surface area (Å²) in [5, 5.41) is 0. The van der Waals surface area contributed by atoms with Gasteiger partial charge >= 0.3 is 6.16 Å². The average molecular weight is 376 g/mol.